The Hall–Kier alpha value is -2.71. The zero-order chi connectivity index (χ0) is 26.9. The number of benzene rings is 2. The Balaban J connectivity index is 1.80. The summed E-state index contributed by atoms with van der Waals surface area (Å²) in [7, 11) is -2.09. The number of halogens is 1. The highest BCUT2D eigenvalue weighted by atomic mass is 28.4. The van der Waals surface area contributed by atoms with Gasteiger partial charge in [-0.05, 0) is 87.3 Å². The molecule has 0 radical (unpaired) electrons. The predicted molar refractivity (Wildman–Crippen MR) is 140 cm³/mol. The summed E-state index contributed by atoms with van der Waals surface area (Å²) in [5, 5.41) is 0.00607. The van der Waals surface area contributed by atoms with Gasteiger partial charge in [0.25, 0.3) is 0 Å². The topological polar surface area (TPSA) is 65.1 Å². The van der Waals surface area contributed by atoms with Crippen molar-refractivity contribution in [1.82, 2.24) is 4.90 Å². The standard InChI is InChI=1S/C28H38FNO5Si/c1-27(2,3)35-26(32)30-21(18-33-36(7,8)28(4,5)6)17-24(25(30)31)19-9-13-22(14-10-19)34-23-15-11-20(29)12-16-23/h9-16,21,24H,17-18H2,1-8H3/t21-,24+/m1/s1. The van der Waals surface area contributed by atoms with Gasteiger partial charge in [0.05, 0.1) is 18.6 Å². The molecule has 2 aromatic carbocycles. The Morgan fingerprint density at radius 2 is 1.50 bits per heavy atom. The summed E-state index contributed by atoms with van der Waals surface area (Å²) >= 11 is 0. The molecule has 0 unspecified atom stereocenters. The van der Waals surface area contributed by atoms with Crippen LogP contribution in [0.15, 0.2) is 48.5 Å². The molecule has 2 amide bonds. The molecular formula is C28H38FNO5Si. The Bertz CT molecular complexity index is 1070. The van der Waals surface area contributed by atoms with Gasteiger partial charge in [0, 0.05) is 0 Å². The van der Waals surface area contributed by atoms with E-state index >= 15 is 0 Å². The Morgan fingerprint density at radius 3 is 2.00 bits per heavy atom. The van der Waals surface area contributed by atoms with E-state index in [4.69, 9.17) is 13.9 Å². The van der Waals surface area contributed by atoms with Crippen molar-refractivity contribution in [3.8, 4) is 11.5 Å². The lowest BCUT2D eigenvalue weighted by Crippen LogP contribution is -2.48. The van der Waals surface area contributed by atoms with Crippen molar-refractivity contribution in [2.24, 2.45) is 0 Å². The highest BCUT2D eigenvalue weighted by molar-refractivity contribution is 6.74. The van der Waals surface area contributed by atoms with E-state index < -0.39 is 32.0 Å². The minimum Gasteiger partial charge on any atom is -0.457 e. The number of rotatable bonds is 6. The minimum absolute atomic E-state index is 0.00607. The number of hydrogen-bond acceptors (Lipinski definition) is 5. The van der Waals surface area contributed by atoms with Gasteiger partial charge >= 0.3 is 6.09 Å². The number of carbonyl (C=O) groups is 2. The summed E-state index contributed by atoms with van der Waals surface area (Å²) < 4.78 is 30.9. The van der Waals surface area contributed by atoms with Gasteiger partial charge in [0.1, 0.15) is 22.9 Å². The monoisotopic (exact) mass is 515 g/mol. The van der Waals surface area contributed by atoms with Gasteiger partial charge in [-0.15, -0.1) is 0 Å². The Labute approximate surface area is 214 Å². The maximum Gasteiger partial charge on any atom is 0.417 e. The van der Waals surface area contributed by atoms with Gasteiger partial charge in [-0.3, -0.25) is 4.79 Å². The zero-order valence-corrected chi connectivity index (χ0v) is 23.6. The van der Waals surface area contributed by atoms with Gasteiger partial charge in [-0.2, -0.15) is 0 Å². The van der Waals surface area contributed by atoms with Crippen LogP contribution in [0.4, 0.5) is 9.18 Å². The summed E-state index contributed by atoms with van der Waals surface area (Å²) in [6.45, 7) is 16.4. The first-order chi connectivity index (χ1) is 16.6. The maximum absolute atomic E-state index is 13.5. The van der Waals surface area contributed by atoms with E-state index in [0.717, 1.165) is 5.56 Å². The molecule has 0 spiro atoms. The summed E-state index contributed by atoms with van der Waals surface area (Å²) in [4.78, 5) is 27.8. The summed E-state index contributed by atoms with van der Waals surface area (Å²) in [6, 6.07) is 12.5. The van der Waals surface area contributed by atoms with Crippen molar-refractivity contribution in [3.63, 3.8) is 0 Å². The number of imide groups is 1. The molecule has 0 N–H and O–H groups in total. The molecule has 2 aromatic rings. The first-order valence-corrected chi connectivity index (χ1v) is 15.2. The second kappa shape index (κ2) is 10.3. The van der Waals surface area contributed by atoms with E-state index in [9.17, 15) is 14.0 Å². The number of likely N-dealkylation sites (tertiary alicyclic amines) is 1. The second-order valence-electron chi connectivity index (χ2n) is 11.8. The molecule has 36 heavy (non-hydrogen) atoms. The second-order valence-corrected chi connectivity index (χ2v) is 16.6. The fraction of sp³-hybridized carbons (Fsp3) is 0.500. The van der Waals surface area contributed by atoms with Gasteiger partial charge < -0.3 is 13.9 Å². The highest BCUT2D eigenvalue weighted by Gasteiger charge is 2.47. The van der Waals surface area contributed by atoms with E-state index in [1.54, 1.807) is 45.0 Å². The van der Waals surface area contributed by atoms with Crippen molar-refractivity contribution >= 4 is 20.3 Å². The van der Waals surface area contributed by atoms with Crippen LogP contribution in [0, 0.1) is 5.82 Å². The van der Waals surface area contributed by atoms with Gasteiger partial charge in [-0.25, -0.2) is 14.1 Å². The summed E-state index contributed by atoms with van der Waals surface area (Å²) in [5.74, 6) is -0.0394. The van der Waals surface area contributed by atoms with Crippen molar-refractivity contribution in [1.29, 1.82) is 0 Å². The van der Waals surface area contributed by atoms with Gasteiger partial charge in [0.2, 0.25) is 5.91 Å². The average molecular weight is 516 g/mol. The SMILES string of the molecule is CC(C)(C)OC(=O)N1C(=O)[C@H](c2ccc(Oc3ccc(F)cc3)cc2)C[C@@H]1CO[Si](C)(C)C(C)(C)C. The van der Waals surface area contributed by atoms with Gasteiger partial charge in [-0.1, -0.05) is 32.9 Å². The molecule has 6 nitrogen and oxygen atoms in total. The van der Waals surface area contributed by atoms with Crippen LogP contribution < -0.4 is 4.74 Å². The number of ether oxygens (including phenoxy) is 2. The quantitative estimate of drug-likeness (QED) is 0.379. The molecule has 1 saturated heterocycles. The third-order valence-electron chi connectivity index (χ3n) is 6.77. The van der Waals surface area contributed by atoms with Crippen molar-refractivity contribution < 1.29 is 27.9 Å². The van der Waals surface area contributed by atoms with E-state index in [1.165, 1.54) is 17.0 Å². The molecule has 8 heteroatoms. The maximum atomic E-state index is 13.5. The lowest BCUT2D eigenvalue weighted by molar-refractivity contribution is -0.129. The average Bonchev–Trinajstić information content (AvgIpc) is 3.09. The molecular weight excluding hydrogens is 477 g/mol. The lowest BCUT2D eigenvalue weighted by Gasteiger charge is -2.37. The molecule has 0 saturated carbocycles. The molecule has 1 aliphatic heterocycles. The fourth-order valence-corrected chi connectivity index (χ4v) is 4.77. The number of amides is 2. The third kappa shape index (κ3) is 6.73. The molecule has 1 aliphatic rings. The van der Waals surface area contributed by atoms with E-state index in [2.05, 4.69) is 33.9 Å². The van der Waals surface area contributed by atoms with Crippen LogP contribution in [0.5, 0.6) is 11.5 Å². The lowest BCUT2D eigenvalue weighted by atomic mass is 9.96. The highest BCUT2D eigenvalue weighted by Crippen LogP contribution is 2.39. The van der Waals surface area contributed by atoms with E-state index in [1.807, 2.05) is 12.1 Å². The fourth-order valence-electron chi connectivity index (χ4n) is 3.73. The van der Waals surface area contributed by atoms with Crippen LogP contribution in [0.25, 0.3) is 0 Å². The smallest absolute Gasteiger partial charge is 0.417 e. The van der Waals surface area contributed by atoms with E-state index in [0.29, 0.717) is 17.9 Å². The number of hydrogen-bond donors (Lipinski definition) is 0. The molecule has 0 aliphatic carbocycles. The normalized spacial score (nSPS) is 18.9. The third-order valence-corrected chi connectivity index (χ3v) is 11.3. The van der Waals surface area contributed by atoms with Crippen LogP contribution >= 0.6 is 0 Å². The van der Waals surface area contributed by atoms with Crippen molar-refractivity contribution in [2.75, 3.05) is 6.61 Å². The Morgan fingerprint density at radius 1 is 0.972 bits per heavy atom. The molecule has 0 aromatic heterocycles. The Kier molecular flexibility index (Phi) is 8.00. The first-order valence-electron chi connectivity index (χ1n) is 12.3. The molecule has 3 rings (SSSR count). The number of carbonyl (C=O) groups excluding carboxylic acids is 2. The summed E-state index contributed by atoms with van der Waals surface area (Å²) in [5.41, 5.74) is 0.0643. The van der Waals surface area contributed by atoms with E-state index in [-0.39, 0.29) is 23.4 Å². The van der Waals surface area contributed by atoms with Crippen LogP contribution in [-0.2, 0) is 14.0 Å². The molecule has 1 fully saturated rings. The van der Waals surface area contributed by atoms with Crippen LogP contribution in [0.3, 0.4) is 0 Å². The molecule has 196 valence electrons. The van der Waals surface area contributed by atoms with Crippen molar-refractivity contribution in [3.05, 3.63) is 59.9 Å². The first kappa shape index (κ1) is 27.9. The van der Waals surface area contributed by atoms with Crippen LogP contribution in [-0.4, -0.2) is 43.5 Å². The van der Waals surface area contributed by atoms with Crippen LogP contribution in [0.1, 0.15) is 59.4 Å². The summed E-state index contributed by atoms with van der Waals surface area (Å²) in [6.07, 6.45) is -0.194. The molecule has 2 atom stereocenters. The molecule has 1 heterocycles. The zero-order valence-electron chi connectivity index (χ0n) is 22.6. The van der Waals surface area contributed by atoms with Gasteiger partial charge in [0.15, 0.2) is 8.32 Å². The van der Waals surface area contributed by atoms with Crippen LogP contribution in [0.2, 0.25) is 18.1 Å². The molecule has 0 bridgehead atoms. The van der Waals surface area contributed by atoms with Crippen molar-refractivity contribution in [2.45, 2.75) is 83.7 Å². The predicted octanol–water partition coefficient (Wildman–Crippen LogP) is 7.26. The number of nitrogens with zero attached hydrogens (tertiary/aromatic N) is 1. The minimum atomic E-state index is -2.09. The largest absolute Gasteiger partial charge is 0.457 e.